The molecule has 0 aliphatic rings. The van der Waals surface area contributed by atoms with Gasteiger partial charge in [-0.1, -0.05) is 36.9 Å². The van der Waals surface area contributed by atoms with Crippen LogP contribution in [-0.4, -0.2) is 17.8 Å². The SMILES string of the molecule is C[SiH2]C(=Cc1ccccc1)O[Si](C)(C)C. The van der Waals surface area contributed by atoms with Crippen LogP contribution in [0.1, 0.15) is 5.56 Å². The van der Waals surface area contributed by atoms with Gasteiger partial charge in [-0.2, -0.15) is 0 Å². The maximum Gasteiger partial charge on any atom is 0.241 e. The van der Waals surface area contributed by atoms with E-state index in [0.717, 1.165) is 0 Å². The highest BCUT2D eigenvalue weighted by Gasteiger charge is 2.16. The molecule has 0 fully saturated rings. The minimum atomic E-state index is -1.43. The molecule has 0 aliphatic heterocycles. The Kier molecular flexibility index (Phi) is 4.35. The van der Waals surface area contributed by atoms with E-state index in [4.69, 9.17) is 4.43 Å². The summed E-state index contributed by atoms with van der Waals surface area (Å²) in [4.78, 5) is 0. The summed E-state index contributed by atoms with van der Waals surface area (Å²) < 4.78 is 6.05. The van der Waals surface area contributed by atoms with Crippen molar-refractivity contribution in [3.05, 3.63) is 41.3 Å². The molecular weight excluding hydrogens is 216 g/mol. The van der Waals surface area contributed by atoms with Crippen LogP contribution in [0.5, 0.6) is 0 Å². The van der Waals surface area contributed by atoms with Gasteiger partial charge in [0.15, 0.2) is 0 Å². The Morgan fingerprint density at radius 1 is 1.20 bits per heavy atom. The van der Waals surface area contributed by atoms with E-state index in [1.54, 1.807) is 0 Å². The van der Waals surface area contributed by atoms with Crippen molar-refractivity contribution in [3.8, 4) is 0 Å². The van der Waals surface area contributed by atoms with E-state index in [1.807, 2.05) is 6.07 Å². The van der Waals surface area contributed by atoms with Crippen LogP contribution < -0.4 is 0 Å². The first-order valence-corrected chi connectivity index (χ1v) is 11.0. The Bertz CT molecular complexity index is 325. The van der Waals surface area contributed by atoms with Gasteiger partial charge in [0.2, 0.25) is 8.32 Å². The number of rotatable bonds is 4. The molecule has 0 N–H and O–H groups in total. The predicted molar refractivity (Wildman–Crippen MR) is 73.3 cm³/mol. The largest absolute Gasteiger partial charge is 0.552 e. The van der Waals surface area contributed by atoms with E-state index in [-0.39, 0.29) is 9.52 Å². The van der Waals surface area contributed by atoms with Crippen molar-refractivity contribution < 1.29 is 4.43 Å². The van der Waals surface area contributed by atoms with E-state index in [2.05, 4.69) is 56.5 Å². The van der Waals surface area contributed by atoms with Gasteiger partial charge in [0.25, 0.3) is 0 Å². The van der Waals surface area contributed by atoms with Gasteiger partial charge in [0, 0.05) is 0 Å². The van der Waals surface area contributed by atoms with Crippen molar-refractivity contribution in [3.63, 3.8) is 0 Å². The molecule has 1 nitrogen and oxygen atoms in total. The fourth-order valence-electron chi connectivity index (χ4n) is 1.33. The molecule has 0 saturated carbocycles. The number of hydrogen-bond acceptors (Lipinski definition) is 1. The number of benzene rings is 1. The van der Waals surface area contributed by atoms with Crippen LogP contribution in [0.15, 0.2) is 35.7 Å². The Balaban J connectivity index is 2.79. The van der Waals surface area contributed by atoms with E-state index in [0.29, 0.717) is 0 Å². The van der Waals surface area contributed by atoms with Gasteiger partial charge in [-0.05, 0) is 31.3 Å². The number of hydrogen-bond donors (Lipinski definition) is 0. The Morgan fingerprint density at radius 2 is 1.80 bits per heavy atom. The molecule has 0 saturated heterocycles. The highest BCUT2D eigenvalue weighted by atomic mass is 28.4. The average Bonchev–Trinajstić information content (AvgIpc) is 2.16. The highest BCUT2D eigenvalue weighted by Crippen LogP contribution is 2.13. The molecule has 0 bridgehead atoms. The van der Waals surface area contributed by atoms with Crippen LogP contribution >= 0.6 is 0 Å². The van der Waals surface area contributed by atoms with Gasteiger partial charge < -0.3 is 4.43 Å². The average molecular weight is 236 g/mol. The smallest absolute Gasteiger partial charge is 0.241 e. The molecule has 0 unspecified atom stereocenters. The monoisotopic (exact) mass is 236 g/mol. The van der Waals surface area contributed by atoms with Crippen molar-refractivity contribution in [2.75, 3.05) is 0 Å². The summed E-state index contributed by atoms with van der Waals surface area (Å²) in [5.74, 6) is 0. The summed E-state index contributed by atoms with van der Waals surface area (Å²) in [7, 11) is -1.65. The second-order valence-corrected chi connectivity index (χ2v) is 10.4. The molecule has 3 heteroatoms. The summed E-state index contributed by atoms with van der Waals surface area (Å²) in [6.45, 7) is 8.97. The third kappa shape index (κ3) is 4.99. The second kappa shape index (κ2) is 5.33. The van der Waals surface area contributed by atoms with Crippen LogP contribution in [0.25, 0.3) is 6.08 Å². The standard InChI is InChI=1S/C12H20OSi2/c1-14-12(13-15(2,3)4)10-11-8-6-5-7-9-11/h5-10H,14H2,1-4H3. The molecule has 1 rings (SSSR count). The summed E-state index contributed by atoms with van der Waals surface area (Å²) in [5, 5.41) is 1.24. The van der Waals surface area contributed by atoms with Crippen LogP contribution in [0.4, 0.5) is 0 Å². The minimum absolute atomic E-state index is 0.222. The predicted octanol–water partition coefficient (Wildman–Crippen LogP) is 3.05. The first-order chi connectivity index (χ1) is 7.01. The van der Waals surface area contributed by atoms with E-state index < -0.39 is 8.32 Å². The highest BCUT2D eigenvalue weighted by molar-refractivity contribution is 6.71. The van der Waals surface area contributed by atoms with Gasteiger partial charge >= 0.3 is 0 Å². The second-order valence-electron chi connectivity index (χ2n) is 4.59. The molecule has 82 valence electrons. The molecule has 0 amide bonds. The molecule has 0 aromatic heterocycles. The maximum atomic E-state index is 6.05. The molecule has 0 radical (unpaired) electrons. The van der Waals surface area contributed by atoms with Crippen molar-refractivity contribution >= 4 is 23.9 Å². The Hall–Kier alpha value is -0.806. The quantitative estimate of drug-likeness (QED) is 0.577. The summed E-state index contributed by atoms with van der Waals surface area (Å²) in [5.41, 5.74) is 1.25. The van der Waals surface area contributed by atoms with Crippen molar-refractivity contribution in [2.45, 2.75) is 26.2 Å². The zero-order valence-electron chi connectivity index (χ0n) is 10.1. The first-order valence-electron chi connectivity index (χ1n) is 5.46. The lowest BCUT2D eigenvalue weighted by Crippen LogP contribution is -2.26. The fraction of sp³-hybridized carbons (Fsp3) is 0.333. The topological polar surface area (TPSA) is 9.23 Å². The summed E-state index contributed by atoms with van der Waals surface area (Å²) in [6, 6.07) is 10.4. The Labute approximate surface area is 96.1 Å². The fourth-order valence-corrected chi connectivity index (χ4v) is 4.49. The van der Waals surface area contributed by atoms with Crippen molar-refractivity contribution in [1.82, 2.24) is 0 Å². The molecule has 15 heavy (non-hydrogen) atoms. The van der Waals surface area contributed by atoms with Crippen LogP contribution in [0, 0.1) is 0 Å². The van der Waals surface area contributed by atoms with Crippen LogP contribution in [0.2, 0.25) is 26.2 Å². The Morgan fingerprint density at radius 3 is 2.27 bits per heavy atom. The maximum absolute atomic E-state index is 6.05. The third-order valence-corrected chi connectivity index (χ3v) is 4.12. The molecule has 1 aromatic rings. The van der Waals surface area contributed by atoms with Crippen molar-refractivity contribution in [1.29, 1.82) is 0 Å². The first kappa shape index (κ1) is 12.3. The molecule has 0 heterocycles. The van der Waals surface area contributed by atoms with Gasteiger partial charge in [-0.15, -0.1) is 0 Å². The zero-order chi connectivity index (χ0) is 11.3. The van der Waals surface area contributed by atoms with E-state index in [9.17, 15) is 0 Å². The summed E-state index contributed by atoms with van der Waals surface area (Å²) in [6.07, 6.45) is 2.20. The lowest BCUT2D eigenvalue weighted by molar-refractivity contribution is 0.462. The third-order valence-electron chi connectivity index (χ3n) is 1.91. The van der Waals surface area contributed by atoms with Gasteiger partial charge in [-0.3, -0.25) is 0 Å². The van der Waals surface area contributed by atoms with Crippen molar-refractivity contribution in [2.24, 2.45) is 0 Å². The normalized spacial score (nSPS) is 13.5. The molecule has 0 aliphatic carbocycles. The summed E-state index contributed by atoms with van der Waals surface area (Å²) >= 11 is 0. The van der Waals surface area contributed by atoms with Crippen LogP contribution in [0.3, 0.4) is 0 Å². The van der Waals surface area contributed by atoms with E-state index >= 15 is 0 Å². The van der Waals surface area contributed by atoms with Gasteiger partial charge in [-0.25, -0.2) is 0 Å². The molecule has 1 aromatic carbocycles. The molecular formula is C12H20OSi2. The minimum Gasteiger partial charge on any atom is -0.552 e. The lowest BCUT2D eigenvalue weighted by atomic mass is 10.2. The lowest BCUT2D eigenvalue weighted by Gasteiger charge is -2.21. The molecule has 0 atom stereocenters. The van der Waals surface area contributed by atoms with E-state index in [1.165, 1.54) is 10.9 Å². The van der Waals surface area contributed by atoms with Gasteiger partial charge in [0.05, 0.1) is 14.9 Å². The zero-order valence-corrected chi connectivity index (χ0v) is 12.5. The molecule has 0 spiro atoms. The van der Waals surface area contributed by atoms with Gasteiger partial charge in [0.1, 0.15) is 0 Å². The van der Waals surface area contributed by atoms with Crippen LogP contribution in [-0.2, 0) is 4.43 Å².